The van der Waals surface area contributed by atoms with Crippen LogP contribution in [0.5, 0.6) is 0 Å². The van der Waals surface area contributed by atoms with Crippen LogP contribution in [0.15, 0.2) is 0 Å². The van der Waals surface area contributed by atoms with Crippen LogP contribution in [0, 0.1) is 5.41 Å². The van der Waals surface area contributed by atoms with Crippen LogP contribution in [-0.2, 0) is 9.53 Å². The summed E-state index contributed by atoms with van der Waals surface area (Å²) in [6.07, 6.45) is 2.20. The summed E-state index contributed by atoms with van der Waals surface area (Å²) in [6.45, 7) is 6.84. The Hall–Kier alpha value is -0.610. The number of amides is 1. The molecule has 1 saturated carbocycles. The zero-order chi connectivity index (χ0) is 11.5. The highest BCUT2D eigenvalue weighted by Crippen LogP contribution is 2.24. The van der Waals surface area contributed by atoms with E-state index in [-0.39, 0.29) is 11.9 Å². The van der Waals surface area contributed by atoms with E-state index in [9.17, 15) is 4.79 Å². The van der Waals surface area contributed by atoms with Crippen molar-refractivity contribution in [2.45, 2.75) is 45.8 Å². The monoisotopic (exact) mass is 214 g/mol. The van der Waals surface area contributed by atoms with Crippen LogP contribution in [0.25, 0.3) is 0 Å². The third kappa shape index (κ3) is 3.18. The molecule has 4 nitrogen and oxygen atoms in total. The molecule has 0 bridgehead atoms. The van der Waals surface area contributed by atoms with E-state index in [2.05, 4.69) is 5.32 Å². The molecule has 0 aromatic rings. The van der Waals surface area contributed by atoms with Crippen molar-refractivity contribution in [1.82, 2.24) is 5.32 Å². The third-order valence-corrected chi connectivity index (χ3v) is 2.96. The van der Waals surface area contributed by atoms with Crippen LogP contribution >= 0.6 is 0 Å². The van der Waals surface area contributed by atoms with Crippen LogP contribution in [-0.4, -0.2) is 31.2 Å². The van der Waals surface area contributed by atoms with Gasteiger partial charge in [0.2, 0.25) is 5.91 Å². The maximum absolute atomic E-state index is 11.7. The lowest BCUT2D eigenvalue weighted by molar-refractivity contribution is -0.131. The van der Waals surface area contributed by atoms with Crippen molar-refractivity contribution in [1.29, 1.82) is 0 Å². The van der Waals surface area contributed by atoms with Gasteiger partial charge in [-0.15, -0.1) is 0 Å². The van der Waals surface area contributed by atoms with E-state index in [1.807, 2.05) is 20.8 Å². The molecule has 4 heteroatoms. The highest BCUT2D eigenvalue weighted by Gasteiger charge is 2.34. The van der Waals surface area contributed by atoms with Gasteiger partial charge in [-0.25, -0.2) is 0 Å². The van der Waals surface area contributed by atoms with Crippen LogP contribution in [0.4, 0.5) is 0 Å². The summed E-state index contributed by atoms with van der Waals surface area (Å²) in [5, 5.41) is 3.00. The minimum absolute atomic E-state index is 0.0462. The van der Waals surface area contributed by atoms with Crippen molar-refractivity contribution < 1.29 is 9.53 Å². The van der Waals surface area contributed by atoms with Gasteiger partial charge in [-0.05, 0) is 33.6 Å². The summed E-state index contributed by atoms with van der Waals surface area (Å²) in [5.41, 5.74) is 5.07. The van der Waals surface area contributed by atoms with Gasteiger partial charge in [0.1, 0.15) is 0 Å². The minimum Gasteiger partial charge on any atom is -0.378 e. The first-order chi connectivity index (χ1) is 6.99. The molecule has 88 valence electrons. The Kier molecular flexibility index (Phi) is 4.11. The number of hydrogen-bond donors (Lipinski definition) is 2. The average Bonchev–Trinajstić information content (AvgIpc) is 2.14. The lowest BCUT2D eigenvalue weighted by atomic mass is 9.86. The molecule has 1 rings (SSSR count). The van der Waals surface area contributed by atoms with Gasteiger partial charge in [0.15, 0.2) is 0 Å². The quantitative estimate of drug-likeness (QED) is 0.706. The van der Waals surface area contributed by atoms with Crippen LogP contribution in [0.1, 0.15) is 33.6 Å². The molecule has 0 saturated heterocycles. The van der Waals surface area contributed by atoms with Crippen molar-refractivity contribution in [2.24, 2.45) is 11.1 Å². The molecule has 0 aromatic heterocycles. The number of ether oxygens (including phenoxy) is 1. The average molecular weight is 214 g/mol. The number of hydrogen-bond acceptors (Lipinski definition) is 3. The van der Waals surface area contributed by atoms with E-state index >= 15 is 0 Å². The van der Waals surface area contributed by atoms with Crippen LogP contribution in [0.2, 0.25) is 0 Å². The number of carbonyl (C=O) groups is 1. The normalized spacial score (nSPS) is 25.9. The number of nitrogens with one attached hydrogen (secondary N) is 1. The Morgan fingerprint density at radius 2 is 2.13 bits per heavy atom. The Morgan fingerprint density at radius 1 is 1.53 bits per heavy atom. The van der Waals surface area contributed by atoms with E-state index < -0.39 is 5.41 Å². The van der Waals surface area contributed by atoms with E-state index in [0.29, 0.717) is 12.6 Å². The molecule has 1 aliphatic rings. The topological polar surface area (TPSA) is 64.3 Å². The minimum atomic E-state index is -0.462. The molecule has 0 atom stereocenters. The van der Waals surface area contributed by atoms with E-state index in [1.165, 1.54) is 0 Å². The Labute approximate surface area is 91.5 Å². The molecule has 15 heavy (non-hydrogen) atoms. The molecular formula is C11H22N2O2. The molecule has 0 unspecified atom stereocenters. The van der Waals surface area contributed by atoms with Gasteiger partial charge in [-0.2, -0.15) is 0 Å². The zero-order valence-electron chi connectivity index (χ0n) is 9.88. The predicted octanol–water partition coefficient (Wildman–Crippen LogP) is 0.655. The van der Waals surface area contributed by atoms with E-state index in [1.54, 1.807) is 0 Å². The molecule has 0 radical (unpaired) electrons. The van der Waals surface area contributed by atoms with Crippen molar-refractivity contribution in [2.75, 3.05) is 13.2 Å². The summed E-state index contributed by atoms with van der Waals surface area (Å²) in [5.74, 6) is 0.0462. The molecule has 0 spiro atoms. The molecule has 0 aromatic carbocycles. The van der Waals surface area contributed by atoms with Crippen LogP contribution in [0.3, 0.4) is 0 Å². The lowest BCUT2D eigenvalue weighted by Gasteiger charge is -2.37. The first-order valence-electron chi connectivity index (χ1n) is 5.62. The number of nitrogens with two attached hydrogens (primary N) is 1. The van der Waals surface area contributed by atoms with Gasteiger partial charge >= 0.3 is 0 Å². The Bertz CT molecular complexity index is 223. The second-order valence-electron chi connectivity index (χ2n) is 4.81. The van der Waals surface area contributed by atoms with Crippen molar-refractivity contribution in [3.8, 4) is 0 Å². The third-order valence-electron chi connectivity index (χ3n) is 2.96. The molecule has 3 N–H and O–H groups in total. The molecule has 0 aliphatic heterocycles. The van der Waals surface area contributed by atoms with E-state index in [4.69, 9.17) is 10.5 Å². The Morgan fingerprint density at radius 3 is 2.60 bits per heavy atom. The highest BCUT2D eigenvalue weighted by atomic mass is 16.5. The van der Waals surface area contributed by atoms with Gasteiger partial charge in [-0.1, -0.05) is 0 Å². The smallest absolute Gasteiger partial charge is 0.227 e. The van der Waals surface area contributed by atoms with Gasteiger partial charge in [0, 0.05) is 19.2 Å². The molecule has 1 amide bonds. The summed E-state index contributed by atoms with van der Waals surface area (Å²) >= 11 is 0. The molecule has 1 fully saturated rings. The number of rotatable bonds is 5. The van der Waals surface area contributed by atoms with Gasteiger partial charge in [0.05, 0.1) is 11.5 Å². The highest BCUT2D eigenvalue weighted by molar-refractivity contribution is 5.82. The van der Waals surface area contributed by atoms with Crippen LogP contribution < -0.4 is 11.1 Å². The second-order valence-corrected chi connectivity index (χ2v) is 4.81. The maximum atomic E-state index is 11.7. The second kappa shape index (κ2) is 4.94. The lowest BCUT2D eigenvalue weighted by Crippen LogP contribution is -2.52. The SMILES string of the molecule is CCOC1CC(NC(=O)C(C)(C)CN)C1. The zero-order valence-corrected chi connectivity index (χ0v) is 9.88. The van der Waals surface area contributed by atoms with Gasteiger partial charge < -0.3 is 15.8 Å². The van der Waals surface area contributed by atoms with Gasteiger partial charge in [0.25, 0.3) is 0 Å². The maximum Gasteiger partial charge on any atom is 0.227 e. The fraction of sp³-hybridized carbons (Fsp3) is 0.909. The van der Waals surface area contributed by atoms with Crippen molar-refractivity contribution >= 4 is 5.91 Å². The molecule has 1 aliphatic carbocycles. The standard InChI is InChI=1S/C11H22N2O2/c1-4-15-9-5-8(6-9)13-10(14)11(2,3)7-12/h8-9H,4-7,12H2,1-3H3,(H,13,14). The largest absolute Gasteiger partial charge is 0.378 e. The first-order valence-corrected chi connectivity index (χ1v) is 5.62. The summed E-state index contributed by atoms with van der Waals surface area (Å²) in [4.78, 5) is 11.7. The summed E-state index contributed by atoms with van der Waals surface area (Å²) in [7, 11) is 0. The van der Waals surface area contributed by atoms with Crippen molar-refractivity contribution in [3.63, 3.8) is 0 Å². The summed E-state index contributed by atoms with van der Waals surface area (Å²) in [6, 6.07) is 0.278. The molecule has 0 heterocycles. The Balaban J connectivity index is 2.25. The first kappa shape index (κ1) is 12.5. The fourth-order valence-electron chi connectivity index (χ4n) is 1.53. The van der Waals surface area contributed by atoms with Gasteiger partial charge in [-0.3, -0.25) is 4.79 Å². The van der Waals surface area contributed by atoms with E-state index in [0.717, 1.165) is 19.4 Å². The van der Waals surface area contributed by atoms with Crippen molar-refractivity contribution in [3.05, 3.63) is 0 Å². The summed E-state index contributed by atoms with van der Waals surface area (Å²) < 4.78 is 5.43. The molecular weight excluding hydrogens is 192 g/mol. The fourth-order valence-corrected chi connectivity index (χ4v) is 1.53. The predicted molar refractivity (Wildman–Crippen MR) is 59.4 cm³/mol. The number of carbonyl (C=O) groups excluding carboxylic acids is 1.